The Morgan fingerprint density at radius 3 is 2.52 bits per heavy atom. The van der Waals surface area contributed by atoms with Crippen molar-refractivity contribution in [2.24, 2.45) is 0 Å². The molecule has 1 N–H and O–H groups in total. The van der Waals surface area contributed by atoms with Crippen LogP contribution >= 0.6 is 0 Å². The van der Waals surface area contributed by atoms with Gasteiger partial charge in [-0.25, -0.2) is 4.79 Å². The lowest BCUT2D eigenvalue weighted by atomic mass is 9.89. The monoisotopic (exact) mass is 318 g/mol. The Labute approximate surface area is 140 Å². The van der Waals surface area contributed by atoms with Gasteiger partial charge in [0.2, 0.25) is 0 Å². The summed E-state index contributed by atoms with van der Waals surface area (Å²) in [4.78, 5) is 13.9. The number of nitrogens with one attached hydrogen (secondary N) is 1. The van der Waals surface area contributed by atoms with Crippen molar-refractivity contribution >= 4 is 6.09 Å². The molecule has 1 saturated heterocycles. The molecule has 0 radical (unpaired) electrons. The van der Waals surface area contributed by atoms with E-state index in [9.17, 15) is 4.79 Å². The summed E-state index contributed by atoms with van der Waals surface area (Å²) in [5.74, 6) is 0. The van der Waals surface area contributed by atoms with Crippen LogP contribution in [0.2, 0.25) is 0 Å². The average Bonchev–Trinajstić information content (AvgIpc) is 2.44. The molecule has 2 rings (SSSR count). The largest absolute Gasteiger partial charge is 0.444 e. The SMILES string of the molecule is Cc1cccc(CNC2(C)CCN(C(=O)OC(C)(C)C)CC2)c1. The van der Waals surface area contributed by atoms with Crippen LogP contribution in [0.15, 0.2) is 24.3 Å². The van der Waals surface area contributed by atoms with Crippen LogP contribution in [-0.2, 0) is 11.3 Å². The van der Waals surface area contributed by atoms with E-state index in [1.165, 1.54) is 11.1 Å². The third-order valence-corrected chi connectivity index (χ3v) is 4.32. The molecule has 1 heterocycles. The molecule has 0 aromatic heterocycles. The number of ether oxygens (including phenoxy) is 1. The van der Waals surface area contributed by atoms with Gasteiger partial charge in [-0.2, -0.15) is 0 Å². The van der Waals surface area contributed by atoms with Crippen molar-refractivity contribution < 1.29 is 9.53 Å². The predicted molar refractivity (Wildman–Crippen MR) is 93.5 cm³/mol. The summed E-state index contributed by atoms with van der Waals surface area (Å²) in [6.07, 6.45) is 1.69. The molecule has 0 unspecified atom stereocenters. The van der Waals surface area contributed by atoms with E-state index < -0.39 is 5.60 Å². The second-order valence-corrected chi connectivity index (χ2v) is 7.87. The topological polar surface area (TPSA) is 41.6 Å². The van der Waals surface area contributed by atoms with Crippen LogP contribution < -0.4 is 5.32 Å². The molecule has 1 aliphatic rings. The van der Waals surface area contributed by atoms with Crippen molar-refractivity contribution in [3.63, 3.8) is 0 Å². The Bertz CT molecular complexity index is 541. The minimum absolute atomic E-state index is 0.0717. The van der Waals surface area contributed by atoms with Gasteiger partial charge in [-0.1, -0.05) is 29.8 Å². The van der Waals surface area contributed by atoms with Gasteiger partial charge in [0.05, 0.1) is 0 Å². The predicted octanol–water partition coefficient (Wildman–Crippen LogP) is 3.87. The van der Waals surface area contributed by atoms with Crippen molar-refractivity contribution in [1.29, 1.82) is 0 Å². The van der Waals surface area contributed by atoms with Gasteiger partial charge in [-0.15, -0.1) is 0 Å². The van der Waals surface area contributed by atoms with Crippen molar-refractivity contribution in [3.8, 4) is 0 Å². The highest BCUT2D eigenvalue weighted by Gasteiger charge is 2.33. The molecule has 1 aromatic rings. The normalized spacial score (nSPS) is 17.9. The van der Waals surface area contributed by atoms with Crippen LogP contribution in [0.3, 0.4) is 0 Å². The zero-order chi connectivity index (χ0) is 17.1. The second-order valence-electron chi connectivity index (χ2n) is 7.87. The van der Waals surface area contributed by atoms with Crippen LogP contribution in [0.5, 0.6) is 0 Å². The third-order valence-electron chi connectivity index (χ3n) is 4.32. The van der Waals surface area contributed by atoms with Gasteiger partial charge in [0.15, 0.2) is 0 Å². The number of carbonyl (C=O) groups is 1. The lowest BCUT2D eigenvalue weighted by Gasteiger charge is -2.40. The number of hydrogen-bond donors (Lipinski definition) is 1. The molecule has 0 atom stereocenters. The zero-order valence-electron chi connectivity index (χ0n) is 15.1. The number of benzene rings is 1. The molecule has 1 aliphatic heterocycles. The maximum Gasteiger partial charge on any atom is 0.410 e. The van der Waals surface area contributed by atoms with Crippen LogP contribution in [0.25, 0.3) is 0 Å². The maximum absolute atomic E-state index is 12.1. The first-order chi connectivity index (χ1) is 10.7. The summed E-state index contributed by atoms with van der Waals surface area (Å²) in [5, 5.41) is 3.67. The highest BCUT2D eigenvalue weighted by Crippen LogP contribution is 2.24. The molecule has 0 aliphatic carbocycles. The number of amides is 1. The quantitative estimate of drug-likeness (QED) is 0.919. The van der Waals surface area contributed by atoms with Crippen LogP contribution in [0.1, 0.15) is 51.7 Å². The molecule has 4 nitrogen and oxygen atoms in total. The van der Waals surface area contributed by atoms with Gasteiger partial charge in [0, 0.05) is 25.2 Å². The summed E-state index contributed by atoms with van der Waals surface area (Å²) >= 11 is 0. The average molecular weight is 318 g/mol. The van der Waals surface area contributed by atoms with Crippen LogP contribution in [-0.4, -0.2) is 35.2 Å². The molecule has 0 saturated carbocycles. The highest BCUT2D eigenvalue weighted by molar-refractivity contribution is 5.68. The molecule has 4 heteroatoms. The third kappa shape index (κ3) is 5.54. The number of likely N-dealkylation sites (tertiary alicyclic amines) is 1. The Morgan fingerprint density at radius 2 is 1.96 bits per heavy atom. The van der Waals surface area contributed by atoms with Gasteiger partial charge >= 0.3 is 6.09 Å². The fourth-order valence-corrected chi connectivity index (χ4v) is 2.82. The van der Waals surface area contributed by atoms with Crippen molar-refractivity contribution in [1.82, 2.24) is 10.2 Å². The van der Waals surface area contributed by atoms with E-state index in [4.69, 9.17) is 4.74 Å². The summed E-state index contributed by atoms with van der Waals surface area (Å²) < 4.78 is 5.45. The Balaban J connectivity index is 1.83. The molecule has 0 bridgehead atoms. The Kier molecular flexibility index (Phi) is 5.35. The fourth-order valence-electron chi connectivity index (χ4n) is 2.82. The first-order valence-corrected chi connectivity index (χ1v) is 8.45. The summed E-state index contributed by atoms with van der Waals surface area (Å²) in [7, 11) is 0. The molecule has 128 valence electrons. The smallest absolute Gasteiger partial charge is 0.410 e. The number of piperidine rings is 1. The van der Waals surface area contributed by atoms with Gasteiger partial charge in [0.1, 0.15) is 5.60 Å². The van der Waals surface area contributed by atoms with Crippen molar-refractivity contribution in [3.05, 3.63) is 35.4 Å². The fraction of sp³-hybridized carbons (Fsp3) is 0.632. The minimum atomic E-state index is -0.429. The van der Waals surface area contributed by atoms with Crippen molar-refractivity contribution in [2.45, 2.75) is 65.1 Å². The van der Waals surface area contributed by atoms with Gasteiger partial charge < -0.3 is 15.0 Å². The zero-order valence-corrected chi connectivity index (χ0v) is 15.1. The summed E-state index contributed by atoms with van der Waals surface area (Å²) in [6.45, 7) is 12.4. The van der Waals surface area contributed by atoms with Crippen LogP contribution in [0.4, 0.5) is 4.79 Å². The van der Waals surface area contributed by atoms with E-state index in [0.717, 1.165) is 32.5 Å². The molecule has 23 heavy (non-hydrogen) atoms. The Hall–Kier alpha value is -1.55. The standard InChI is InChI=1S/C19H30N2O2/c1-15-7-6-8-16(13-15)14-20-19(5)9-11-21(12-10-19)17(22)23-18(2,3)4/h6-8,13,20H,9-12,14H2,1-5H3. The second kappa shape index (κ2) is 6.91. The number of nitrogens with zero attached hydrogens (tertiary/aromatic N) is 1. The number of carbonyl (C=O) groups excluding carboxylic acids is 1. The summed E-state index contributed by atoms with van der Waals surface area (Å²) in [5.41, 5.74) is 2.23. The first-order valence-electron chi connectivity index (χ1n) is 8.45. The molecular weight excluding hydrogens is 288 g/mol. The van der Waals surface area contributed by atoms with Gasteiger partial charge in [-0.05, 0) is 53.0 Å². The van der Waals surface area contributed by atoms with E-state index >= 15 is 0 Å². The molecule has 1 fully saturated rings. The van der Waals surface area contributed by atoms with E-state index in [1.807, 2.05) is 25.7 Å². The maximum atomic E-state index is 12.1. The van der Waals surface area contributed by atoms with E-state index in [-0.39, 0.29) is 11.6 Å². The van der Waals surface area contributed by atoms with Gasteiger partial charge in [0.25, 0.3) is 0 Å². The van der Waals surface area contributed by atoms with E-state index in [0.29, 0.717) is 0 Å². The lowest BCUT2D eigenvalue weighted by molar-refractivity contribution is 0.0156. The first kappa shape index (κ1) is 17.8. The molecule has 1 amide bonds. The highest BCUT2D eigenvalue weighted by atomic mass is 16.6. The number of aryl methyl sites for hydroxylation is 1. The Morgan fingerprint density at radius 1 is 1.30 bits per heavy atom. The van der Waals surface area contributed by atoms with Gasteiger partial charge in [-0.3, -0.25) is 0 Å². The molecule has 0 spiro atoms. The summed E-state index contributed by atoms with van der Waals surface area (Å²) in [6, 6.07) is 8.58. The number of rotatable bonds is 3. The van der Waals surface area contributed by atoms with Crippen LogP contribution in [0, 0.1) is 6.92 Å². The van der Waals surface area contributed by atoms with E-state index in [1.54, 1.807) is 0 Å². The number of hydrogen-bond acceptors (Lipinski definition) is 3. The minimum Gasteiger partial charge on any atom is -0.444 e. The van der Waals surface area contributed by atoms with E-state index in [2.05, 4.69) is 43.4 Å². The lowest BCUT2D eigenvalue weighted by Crippen LogP contribution is -2.53. The molecule has 1 aromatic carbocycles. The van der Waals surface area contributed by atoms with Crippen molar-refractivity contribution in [2.75, 3.05) is 13.1 Å². The molecular formula is C19H30N2O2.